The Bertz CT molecular complexity index is 479. The van der Waals surface area contributed by atoms with Crippen LogP contribution in [-0.2, 0) is 11.2 Å². The second-order valence-electron chi connectivity index (χ2n) is 5.24. The van der Waals surface area contributed by atoms with Gasteiger partial charge in [0.05, 0.1) is 6.42 Å². The summed E-state index contributed by atoms with van der Waals surface area (Å²) in [5.74, 6) is -0.818. The van der Waals surface area contributed by atoms with Crippen molar-refractivity contribution >= 4 is 21.8 Å². The summed E-state index contributed by atoms with van der Waals surface area (Å²) in [4.78, 5) is 14.0. The van der Waals surface area contributed by atoms with Gasteiger partial charge >= 0.3 is 0 Å². The molecule has 1 aromatic rings. The largest absolute Gasteiger partial charge is 0.342 e. The third-order valence-electron chi connectivity index (χ3n) is 3.75. The molecule has 2 rings (SSSR count). The molecule has 110 valence electrons. The molecular formula is C15H18BrF2NO. The number of hydrogen-bond donors (Lipinski definition) is 0. The highest BCUT2D eigenvalue weighted by Gasteiger charge is 2.23. The normalized spacial score (nSPS) is 19.1. The summed E-state index contributed by atoms with van der Waals surface area (Å²) in [5.41, 5.74) is 0.263. The van der Waals surface area contributed by atoms with E-state index in [2.05, 4.69) is 15.9 Å². The van der Waals surface area contributed by atoms with Crippen molar-refractivity contribution in [3.63, 3.8) is 0 Å². The first-order chi connectivity index (χ1) is 9.60. The van der Waals surface area contributed by atoms with Gasteiger partial charge in [-0.15, -0.1) is 0 Å². The van der Waals surface area contributed by atoms with Gasteiger partial charge in [-0.05, 0) is 36.8 Å². The summed E-state index contributed by atoms with van der Waals surface area (Å²) in [6, 6.07) is 3.37. The molecule has 1 aromatic carbocycles. The van der Waals surface area contributed by atoms with E-state index in [-0.39, 0.29) is 17.9 Å². The van der Waals surface area contributed by atoms with E-state index in [1.165, 1.54) is 12.1 Å². The molecule has 0 saturated carbocycles. The number of halogens is 3. The number of alkyl halides is 1. The molecule has 1 fully saturated rings. The van der Waals surface area contributed by atoms with Crippen molar-refractivity contribution in [2.45, 2.75) is 25.7 Å². The van der Waals surface area contributed by atoms with Crippen LogP contribution in [-0.4, -0.2) is 29.2 Å². The van der Waals surface area contributed by atoms with E-state index in [1.807, 2.05) is 0 Å². The van der Waals surface area contributed by atoms with Crippen LogP contribution in [0.25, 0.3) is 0 Å². The lowest BCUT2D eigenvalue weighted by atomic mass is 9.95. The molecule has 20 heavy (non-hydrogen) atoms. The van der Waals surface area contributed by atoms with Crippen LogP contribution in [0.5, 0.6) is 0 Å². The van der Waals surface area contributed by atoms with Crippen LogP contribution in [0.2, 0.25) is 0 Å². The van der Waals surface area contributed by atoms with E-state index in [4.69, 9.17) is 0 Å². The molecule has 1 saturated heterocycles. The molecule has 0 aromatic heterocycles. The first-order valence-corrected chi connectivity index (χ1v) is 8.00. The second kappa shape index (κ2) is 7.16. The van der Waals surface area contributed by atoms with Crippen molar-refractivity contribution in [2.75, 3.05) is 18.4 Å². The maximum absolute atomic E-state index is 13.6. The lowest BCUT2D eigenvalue weighted by Gasteiger charge is -2.32. The second-order valence-corrected chi connectivity index (χ2v) is 6.03. The minimum atomic E-state index is -0.646. The van der Waals surface area contributed by atoms with Crippen LogP contribution in [0, 0.1) is 17.6 Å². The molecule has 0 N–H and O–H groups in total. The van der Waals surface area contributed by atoms with Crippen LogP contribution < -0.4 is 0 Å². The van der Waals surface area contributed by atoms with Gasteiger partial charge in [-0.1, -0.05) is 22.0 Å². The molecule has 1 heterocycles. The van der Waals surface area contributed by atoms with Crippen molar-refractivity contribution in [3.05, 3.63) is 35.4 Å². The van der Waals surface area contributed by atoms with Gasteiger partial charge in [-0.2, -0.15) is 0 Å². The quantitative estimate of drug-likeness (QED) is 0.764. The van der Waals surface area contributed by atoms with Crippen molar-refractivity contribution < 1.29 is 13.6 Å². The standard InChI is InChI=1S/C15H18BrF2NO/c16-6-5-11-2-1-7-19(10-11)15(20)8-12-3-4-13(17)9-14(12)18/h3-4,9,11H,1-2,5-8,10H2. The molecule has 1 unspecified atom stereocenters. The number of nitrogens with zero attached hydrogens (tertiary/aromatic N) is 1. The molecular weight excluding hydrogens is 328 g/mol. The molecule has 5 heteroatoms. The van der Waals surface area contributed by atoms with Crippen molar-refractivity contribution in [1.29, 1.82) is 0 Å². The molecule has 0 spiro atoms. The van der Waals surface area contributed by atoms with Gasteiger partial charge in [0, 0.05) is 24.5 Å². The highest BCUT2D eigenvalue weighted by molar-refractivity contribution is 9.09. The van der Waals surface area contributed by atoms with Crippen LogP contribution in [0.15, 0.2) is 18.2 Å². The number of hydrogen-bond acceptors (Lipinski definition) is 1. The SMILES string of the molecule is O=C(Cc1ccc(F)cc1F)N1CCCC(CCBr)C1. The Labute approximate surface area is 126 Å². The van der Waals surface area contributed by atoms with Gasteiger partial charge in [0.25, 0.3) is 0 Å². The van der Waals surface area contributed by atoms with E-state index >= 15 is 0 Å². The van der Waals surface area contributed by atoms with Crippen LogP contribution >= 0.6 is 15.9 Å². The van der Waals surface area contributed by atoms with Gasteiger partial charge < -0.3 is 4.90 Å². The lowest BCUT2D eigenvalue weighted by Crippen LogP contribution is -2.40. The summed E-state index contributed by atoms with van der Waals surface area (Å²) >= 11 is 3.42. The topological polar surface area (TPSA) is 20.3 Å². The maximum Gasteiger partial charge on any atom is 0.227 e. The average molecular weight is 346 g/mol. The molecule has 0 aliphatic carbocycles. The number of rotatable bonds is 4. The molecule has 0 radical (unpaired) electrons. The van der Waals surface area contributed by atoms with E-state index in [1.54, 1.807) is 4.90 Å². The summed E-state index contributed by atoms with van der Waals surface area (Å²) in [5, 5.41) is 0.937. The third-order valence-corrected chi connectivity index (χ3v) is 4.20. The monoisotopic (exact) mass is 345 g/mol. The molecule has 1 aliphatic heterocycles. The Morgan fingerprint density at radius 2 is 2.20 bits per heavy atom. The first kappa shape index (κ1) is 15.4. The zero-order chi connectivity index (χ0) is 14.5. The first-order valence-electron chi connectivity index (χ1n) is 6.88. The average Bonchev–Trinajstić information content (AvgIpc) is 2.42. The van der Waals surface area contributed by atoms with E-state index in [9.17, 15) is 13.6 Å². The Hall–Kier alpha value is -0.970. The zero-order valence-electron chi connectivity index (χ0n) is 11.2. The van der Waals surface area contributed by atoms with Crippen molar-refractivity contribution in [2.24, 2.45) is 5.92 Å². The minimum Gasteiger partial charge on any atom is -0.342 e. The minimum absolute atomic E-state index is 0.00709. The van der Waals surface area contributed by atoms with Gasteiger partial charge in [0.15, 0.2) is 0 Å². The van der Waals surface area contributed by atoms with Gasteiger partial charge in [0.2, 0.25) is 5.91 Å². The Morgan fingerprint density at radius 1 is 1.40 bits per heavy atom. The predicted molar refractivity (Wildman–Crippen MR) is 77.8 cm³/mol. The maximum atomic E-state index is 13.6. The highest BCUT2D eigenvalue weighted by Crippen LogP contribution is 2.21. The Balaban J connectivity index is 1.97. The number of carbonyl (C=O) groups excluding carboxylic acids is 1. The molecule has 1 atom stereocenters. The number of amides is 1. The smallest absolute Gasteiger partial charge is 0.227 e. The fourth-order valence-electron chi connectivity index (χ4n) is 2.62. The predicted octanol–water partition coefficient (Wildman–Crippen LogP) is 3.53. The fraction of sp³-hybridized carbons (Fsp3) is 0.533. The van der Waals surface area contributed by atoms with E-state index < -0.39 is 11.6 Å². The van der Waals surface area contributed by atoms with Gasteiger partial charge in [0.1, 0.15) is 11.6 Å². The van der Waals surface area contributed by atoms with Crippen molar-refractivity contribution in [3.8, 4) is 0 Å². The Morgan fingerprint density at radius 3 is 2.90 bits per heavy atom. The highest BCUT2D eigenvalue weighted by atomic mass is 79.9. The number of piperidine rings is 1. The fourth-order valence-corrected chi connectivity index (χ4v) is 3.27. The van der Waals surface area contributed by atoms with E-state index in [0.717, 1.165) is 43.7 Å². The van der Waals surface area contributed by atoms with Gasteiger partial charge in [-0.3, -0.25) is 4.79 Å². The summed E-state index contributed by atoms with van der Waals surface area (Å²) in [6.45, 7) is 1.48. The zero-order valence-corrected chi connectivity index (χ0v) is 12.8. The lowest BCUT2D eigenvalue weighted by molar-refractivity contribution is -0.132. The van der Waals surface area contributed by atoms with Crippen LogP contribution in [0.3, 0.4) is 0 Å². The Kier molecular flexibility index (Phi) is 5.52. The number of benzene rings is 1. The number of carbonyl (C=O) groups is 1. The third kappa shape index (κ3) is 4.01. The van der Waals surface area contributed by atoms with Gasteiger partial charge in [-0.25, -0.2) is 8.78 Å². The summed E-state index contributed by atoms with van der Waals surface area (Å²) < 4.78 is 26.4. The summed E-state index contributed by atoms with van der Waals surface area (Å²) in [6.07, 6.45) is 3.19. The molecule has 1 amide bonds. The summed E-state index contributed by atoms with van der Waals surface area (Å²) in [7, 11) is 0. The van der Waals surface area contributed by atoms with Crippen LogP contribution in [0.4, 0.5) is 8.78 Å². The number of likely N-dealkylation sites (tertiary alicyclic amines) is 1. The molecule has 2 nitrogen and oxygen atoms in total. The van der Waals surface area contributed by atoms with Crippen molar-refractivity contribution in [1.82, 2.24) is 4.90 Å². The molecule has 0 bridgehead atoms. The molecule has 1 aliphatic rings. The van der Waals surface area contributed by atoms with E-state index in [0.29, 0.717) is 5.92 Å². The van der Waals surface area contributed by atoms with Crippen LogP contribution in [0.1, 0.15) is 24.8 Å².